The number of rotatable bonds is 4. The Labute approximate surface area is 156 Å². The Morgan fingerprint density at radius 2 is 1.85 bits per heavy atom. The van der Waals surface area contributed by atoms with Crippen LogP contribution < -0.4 is 5.32 Å². The highest BCUT2D eigenvalue weighted by molar-refractivity contribution is 5.65. The van der Waals surface area contributed by atoms with E-state index in [1.54, 1.807) is 0 Å². The molecule has 1 aliphatic rings. The standard InChI is InChI=1S/C23H27N3/c1-17-14-18(2)26(25-17)23-11-9-20(10-12-23)21-7-5-6-19(15-21)16-22-8-3-4-13-24-22/h5-7,9-12,14-15,22,24H,3-4,8,13,16H2,1-2H3. The van der Waals surface area contributed by atoms with Gasteiger partial charge in [-0.15, -0.1) is 0 Å². The first kappa shape index (κ1) is 17.0. The van der Waals surface area contributed by atoms with Crippen molar-refractivity contribution < 1.29 is 0 Å². The van der Waals surface area contributed by atoms with Gasteiger partial charge < -0.3 is 5.32 Å². The van der Waals surface area contributed by atoms with Crippen LogP contribution in [0.25, 0.3) is 16.8 Å². The fraction of sp³-hybridized carbons (Fsp3) is 0.348. The van der Waals surface area contributed by atoms with Gasteiger partial charge in [0.05, 0.1) is 11.4 Å². The zero-order valence-corrected chi connectivity index (χ0v) is 15.7. The number of benzene rings is 2. The van der Waals surface area contributed by atoms with Crippen molar-refractivity contribution >= 4 is 0 Å². The predicted octanol–water partition coefficient (Wildman–Crippen LogP) is 4.84. The van der Waals surface area contributed by atoms with E-state index in [0.717, 1.165) is 30.0 Å². The molecule has 1 aromatic heterocycles. The topological polar surface area (TPSA) is 29.9 Å². The highest BCUT2D eigenvalue weighted by atomic mass is 15.3. The van der Waals surface area contributed by atoms with E-state index < -0.39 is 0 Å². The van der Waals surface area contributed by atoms with Crippen LogP contribution in [-0.4, -0.2) is 22.4 Å². The molecule has 0 saturated carbocycles. The Balaban J connectivity index is 1.54. The number of piperidine rings is 1. The normalized spacial score (nSPS) is 17.4. The second-order valence-electron chi connectivity index (χ2n) is 7.44. The van der Waals surface area contributed by atoms with Gasteiger partial charge in [0.15, 0.2) is 0 Å². The lowest BCUT2D eigenvalue weighted by Gasteiger charge is -2.23. The monoisotopic (exact) mass is 345 g/mol. The van der Waals surface area contributed by atoms with Crippen LogP contribution in [0.2, 0.25) is 0 Å². The number of hydrogen-bond donors (Lipinski definition) is 1. The van der Waals surface area contributed by atoms with Crippen LogP contribution >= 0.6 is 0 Å². The van der Waals surface area contributed by atoms with Gasteiger partial charge >= 0.3 is 0 Å². The van der Waals surface area contributed by atoms with Crippen molar-refractivity contribution in [3.8, 4) is 16.8 Å². The van der Waals surface area contributed by atoms with E-state index in [4.69, 9.17) is 0 Å². The minimum absolute atomic E-state index is 0.632. The molecule has 0 bridgehead atoms. The third-order valence-electron chi connectivity index (χ3n) is 5.28. The van der Waals surface area contributed by atoms with Crippen molar-refractivity contribution in [2.75, 3.05) is 6.54 Å². The molecule has 134 valence electrons. The number of nitrogens with zero attached hydrogens (tertiary/aromatic N) is 2. The van der Waals surface area contributed by atoms with Crippen molar-refractivity contribution in [1.82, 2.24) is 15.1 Å². The number of hydrogen-bond acceptors (Lipinski definition) is 2. The van der Waals surface area contributed by atoms with Gasteiger partial charge in [-0.1, -0.05) is 42.8 Å². The molecule has 0 spiro atoms. The first-order valence-corrected chi connectivity index (χ1v) is 9.65. The molecular formula is C23H27N3. The van der Waals surface area contributed by atoms with Crippen LogP contribution in [0.3, 0.4) is 0 Å². The predicted molar refractivity (Wildman–Crippen MR) is 108 cm³/mol. The van der Waals surface area contributed by atoms with Crippen LogP contribution in [0.15, 0.2) is 54.6 Å². The number of aromatic nitrogens is 2. The van der Waals surface area contributed by atoms with Gasteiger partial charge in [-0.05, 0) is 74.5 Å². The first-order chi connectivity index (χ1) is 12.7. The lowest BCUT2D eigenvalue weighted by molar-refractivity contribution is 0.399. The summed E-state index contributed by atoms with van der Waals surface area (Å²) in [6.07, 6.45) is 5.09. The maximum atomic E-state index is 4.57. The van der Waals surface area contributed by atoms with Crippen molar-refractivity contribution in [1.29, 1.82) is 0 Å². The molecule has 1 unspecified atom stereocenters. The molecule has 3 nitrogen and oxygen atoms in total. The molecule has 2 heterocycles. The molecule has 2 aromatic carbocycles. The summed E-state index contributed by atoms with van der Waals surface area (Å²) in [6, 6.07) is 20.4. The zero-order chi connectivity index (χ0) is 17.9. The van der Waals surface area contributed by atoms with E-state index in [1.165, 1.54) is 36.0 Å². The van der Waals surface area contributed by atoms with E-state index in [1.807, 2.05) is 11.6 Å². The molecule has 26 heavy (non-hydrogen) atoms. The highest BCUT2D eigenvalue weighted by Crippen LogP contribution is 2.24. The second kappa shape index (κ2) is 7.46. The molecule has 1 aliphatic heterocycles. The number of nitrogens with one attached hydrogen (secondary N) is 1. The fourth-order valence-electron chi connectivity index (χ4n) is 3.95. The third-order valence-corrected chi connectivity index (χ3v) is 5.28. The Bertz CT molecular complexity index is 871. The average molecular weight is 345 g/mol. The molecular weight excluding hydrogens is 318 g/mol. The van der Waals surface area contributed by atoms with Crippen LogP contribution in [-0.2, 0) is 6.42 Å². The molecule has 1 fully saturated rings. The summed E-state index contributed by atoms with van der Waals surface area (Å²) in [6.45, 7) is 5.29. The van der Waals surface area contributed by atoms with Crippen LogP contribution in [0, 0.1) is 13.8 Å². The van der Waals surface area contributed by atoms with E-state index in [-0.39, 0.29) is 0 Å². The summed E-state index contributed by atoms with van der Waals surface area (Å²) in [5.74, 6) is 0. The minimum Gasteiger partial charge on any atom is -0.314 e. The van der Waals surface area contributed by atoms with Crippen molar-refractivity contribution in [3.63, 3.8) is 0 Å². The molecule has 1 N–H and O–H groups in total. The van der Waals surface area contributed by atoms with Gasteiger partial charge in [-0.2, -0.15) is 5.10 Å². The van der Waals surface area contributed by atoms with Crippen molar-refractivity contribution in [2.24, 2.45) is 0 Å². The van der Waals surface area contributed by atoms with Crippen LogP contribution in [0.5, 0.6) is 0 Å². The van der Waals surface area contributed by atoms with Gasteiger partial charge in [0.25, 0.3) is 0 Å². The lowest BCUT2D eigenvalue weighted by atomic mass is 9.95. The summed E-state index contributed by atoms with van der Waals surface area (Å²) >= 11 is 0. The second-order valence-corrected chi connectivity index (χ2v) is 7.44. The molecule has 0 amide bonds. The van der Waals surface area contributed by atoms with Gasteiger partial charge in [-0.3, -0.25) is 0 Å². The molecule has 1 saturated heterocycles. The van der Waals surface area contributed by atoms with E-state index >= 15 is 0 Å². The summed E-state index contributed by atoms with van der Waals surface area (Å²) in [5.41, 5.74) is 7.30. The number of aryl methyl sites for hydroxylation is 2. The Hall–Kier alpha value is -2.39. The minimum atomic E-state index is 0.632. The van der Waals surface area contributed by atoms with Gasteiger partial charge in [0.2, 0.25) is 0 Å². The van der Waals surface area contributed by atoms with Crippen LogP contribution in [0.1, 0.15) is 36.2 Å². The van der Waals surface area contributed by atoms with Crippen molar-refractivity contribution in [2.45, 2.75) is 45.6 Å². The van der Waals surface area contributed by atoms with E-state index in [0.29, 0.717) is 6.04 Å². The Morgan fingerprint density at radius 1 is 1.00 bits per heavy atom. The van der Waals surface area contributed by atoms with Gasteiger partial charge in [0.1, 0.15) is 0 Å². The lowest BCUT2D eigenvalue weighted by Crippen LogP contribution is -2.35. The molecule has 4 rings (SSSR count). The van der Waals surface area contributed by atoms with Gasteiger partial charge in [-0.25, -0.2) is 4.68 Å². The SMILES string of the molecule is Cc1cc(C)n(-c2ccc(-c3cccc(CC4CCCCN4)c3)cc2)n1. The summed E-state index contributed by atoms with van der Waals surface area (Å²) < 4.78 is 2.00. The maximum absolute atomic E-state index is 4.57. The molecule has 0 aliphatic carbocycles. The molecule has 3 aromatic rings. The third kappa shape index (κ3) is 3.73. The van der Waals surface area contributed by atoms with Crippen molar-refractivity contribution in [3.05, 3.63) is 71.5 Å². The maximum Gasteiger partial charge on any atom is 0.0649 e. The zero-order valence-electron chi connectivity index (χ0n) is 15.7. The highest BCUT2D eigenvalue weighted by Gasteiger charge is 2.13. The Kier molecular flexibility index (Phi) is 4.89. The van der Waals surface area contributed by atoms with E-state index in [9.17, 15) is 0 Å². The molecule has 0 radical (unpaired) electrons. The first-order valence-electron chi connectivity index (χ1n) is 9.65. The summed E-state index contributed by atoms with van der Waals surface area (Å²) in [4.78, 5) is 0. The molecule has 1 atom stereocenters. The van der Waals surface area contributed by atoms with Gasteiger partial charge in [0, 0.05) is 11.7 Å². The molecule has 3 heteroatoms. The largest absolute Gasteiger partial charge is 0.314 e. The smallest absolute Gasteiger partial charge is 0.0649 e. The fourth-order valence-corrected chi connectivity index (χ4v) is 3.95. The van der Waals surface area contributed by atoms with Crippen LogP contribution in [0.4, 0.5) is 0 Å². The summed E-state index contributed by atoms with van der Waals surface area (Å²) in [7, 11) is 0. The summed E-state index contributed by atoms with van der Waals surface area (Å²) in [5, 5.41) is 8.22. The Morgan fingerprint density at radius 3 is 2.54 bits per heavy atom. The average Bonchev–Trinajstić information content (AvgIpc) is 3.01. The quantitative estimate of drug-likeness (QED) is 0.733. The van der Waals surface area contributed by atoms with E-state index in [2.05, 4.69) is 71.9 Å².